The minimum absolute atomic E-state index is 0.155. The molecule has 0 aliphatic carbocycles. The van der Waals surface area contributed by atoms with Gasteiger partial charge in [-0.3, -0.25) is 10.1 Å². The molecule has 0 aliphatic rings. The third-order valence-corrected chi connectivity index (χ3v) is 1.93. The molecule has 0 unspecified atom stereocenters. The molecule has 1 N–H and O–H groups in total. The van der Waals surface area contributed by atoms with Crippen LogP contribution in [0.15, 0.2) is 24.3 Å². The highest BCUT2D eigenvalue weighted by Gasteiger charge is 2.28. The Morgan fingerprint density at radius 3 is 2.20 bits per heavy atom. The van der Waals surface area contributed by atoms with Crippen LogP contribution in [0.25, 0.3) is 0 Å². The number of hydrogen-bond acceptors (Lipinski definition) is 4. The average Bonchev–Trinajstić information content (AvgIpc) is 2.14. The summed E-state index contributed by atoms with van der Waals surface area (Å²) in [7, 11) is 0. The van der Waals surface area contributed by atoms with E-state index >= 15 is 0 Å². The maximum Gasteiger partial charge on any atom is 0.461 e. The first-order valence-electron chi connectivity index (χ1n) is 3.64. The van der Waals surface area contributed by atoms with Crippen molar-refractivity contribution in [3.8, 4) is 0 Å². The van der Waals surface area contributed by atoms with Gasteiger partial charge in [-0.2, -0.15) is 13.2 Å². The first-order chi connectivity index (χ1) is 6.88. The summed E-state index contributed by atoms with van der Waals surface area (Å²) >= 11 is -0.419. The molecular formula is C7H5F3N2O2S. The van der Waals surface area contributed by atoms with E-state index < -0.39 is 22.4 Å². The predicted octanol–water partition coefficient (Wildman–Crippen LogP) is 3.17. The highest BCUT2D eigenvalue weighted by atomic mass is 32.2. The Morgan fingerprint density at radius 2 is 1.80 bits per heavy atom. The quantitative estimate of drug-likeness (QED) is 0.499. The van der Waals surface area contributed by atoms with Crippen molar-refractivity contribution in [3.05, 3.63) is 34.4 Å². The van der Waals surface area contributed by atoms with Crippen LogP contribution in [0.1, 0.15) is 0 Å². The highest BCUT2D eigenvalue weighted by molar-refractivity contribution is 8.01. The predicted molar refractivity (Wildman–Crippen MR) is 50.4 cm³/mol. The summed E-state index contributed by atoms with van der Waals surface area (Å²) in [5.74, 6) is 0. The van der Waals surface area contributed by atoms with E-state index in [1.807, 2.05) is 4.72 Å². The van der Waals surface area contributed by atoms with E-state index in [0.29, 0.717) is 0 Å². The Morgan fingerprint density at radius 1 is 1.27 bits per heavy atom. The summed E-state index contributed by atoms with van der Waals surface area (Å²) in [4.78, 5) is 9.60. The number of nitro groups is 1. The molecule has 0 saturated heterocycles. The van der Waals surface area contributed by atoms with Crippen molar-refractivity contribution >= 4 is 23.3 Å². The van der Waals surface area contributed by atoms with Crippen LogP contribution in [0.5, 0.6) is 0 Å². The monoisotopic (exact) mass is 238 g/mol. The number of halogens is 3. The normalized spacial score (nSPS) is 11.1. The summed E-state index contributed by atoms with van der Waals surface area (Å²) in [6.07, 6.45) is 0. The van der Waals surface area contributed by atoms with Gasteiger partial charge in [-0.25, -0.2) is 0 Å². The lowest BCUT2D eigenvalue weighted by Gasteiger charge is -2.07. The van der Waals surface area contributed by atoms with Gasteiger partial charge in [0, 0.05) is 17.8 Å². The number of nitrogens with zero attached hydrogens (tertiary/aromatic N) is 1. The summed E-state index contributed by atoms with van der Waals surface area (Å²) in [6.45, 7) is 0. The first kappa shape index (κ1) is 11.6. The number of nitro benzene ring substituents is 1. The van der Waals surface area contributed by atoms with Gasteiger partial charge in [0.2, 0.25) is 0 Å². The molecule has 8 heteroatoms. The number of anilines is 1. The molecule has 0 saturated carbocycles. The molecule has 1 rings (SSSR count). The third-order valence-electron chi connectivity index (χ3n) is 1.36. The van der Waals surface area contributed by atoms with Crippen LogP contribution in [0.2, 0.25) is 0 Å². The molecule has 1 aromatic rings. The first-order valence-corrected chi connectivity index (χ1v) is 4.45. The molecule has 0 radical (unpaired) electrons. The van der Waals surface area contributed by atoms with Crippen LogP contribution in [0, 0.1) is 10.1 Å². The fraction of sp³-hybridized carbons (Fsp3) is 0.143. The van der Waals surface area contributed by atoms with E-state index in [2.05, 4.69) is 0 Å². The van der Waals surface area contributed by atoms with Gasteiger partial charge in [0.25, 0.3) is 5.69 Å². The molecule has 15 heavy (non-hydrogen) atoms. The van der Waals surface area contributed by atoms with Gasteiger partial charge in [-0.15, -0.1) is 0 Å². The summed E-state index contributed by atoms with van der Waals surface area (Å²) in [5.41, 5.74) is -4.40. The van der Waals surface area contributed by atoms with Gasteiger partial charge in [0.15, 0.2) is 0 Å². The van der Waals surface area contributed by atoms with E-state index in [0.717, 1.165) is 12.1 Å². The Labute approximate surface area is 86.8 Å². The number of hydrogen-bond donors (Lipinski definition) is 1. The zero-order chi connectivity index (χ0) is 11.5. The topological polar surface area (TPSA) is 55.2 Å². The highest BCUT2D eigenvalue weighted by Crippen LogP contribution is 2.31. The van der Waals surface area contributed by atoms with Crippen molar-refractivity contribution in [1.29, 1.82) is 0 Å². The van der Waals surface area contributed by atoms with Gasteiger partial charge in [0.05, 0.1) is 16.9 Å². The molecule has 0 fully saturated rings. The van der Waals surface area contributed by atoms with Crippen LogP contribution in [-0.4, -0.2) is 10.4 Å². The Balaban J connectivity index is 2.61. The van der Waals surface area contributed by atoms with Crippen LogP contribution >= 0.6 is 11.9 Å². The molecule has 0 amide bonds. The van der Waals surface area contributed by atoms with Crippen molar-refractivity contribution < 1.29 is 18.1 Å². The van der Waals surface area contributed by atoms with E-state index in [4.69, 9.17) is 0 Å². The van der Waals surface area contributed by atoms with Crippen LogP contribution < -0.4 is 4.72 Å². The maximum absolute atomic E-state index is 11.7. The SMILES string of the molecule is O=[N+]([O-])c1ccc(NSC(F)(F)F)cc1. The van der Waals surface area contributed by atoms with E-state index in [9.17, 15) is 23.3 Å². The fourth-order valence-electron chi connectivity index (χ4n) is 0.768. The third kappa shape index (κ3) is 4.07. The molecule has 1 aromatic carbocycles. The van der Waals surface area contributed by atoms with Gasteiger partial charge < -0.3 is 4.72 Å². The zero-order valence-corrected chi connectivity index (χ0v) is 7.93. The second kappa shape index (κ2) is 4.39. The lowest BCUT2D eigenvalue weighted by molar-refractivity contribution is -0.384. The molecule has 0 heterocycles. The number of alkyl halides is 3. The number of rotatable bonds is 3. The van der Waals surface area contributed by atoms with Crippen molar-refractivity contribution in [2.75, 3.05) is 4.72 Å². The molecule has 4 nitrogen and oxygen atoms in total. The summed E-state index contributed by atoms with van der Waals surface area (Å²) < 4.78 is 37.2. The second-order valence-corrected chi connectivity index (χ2v) is 3.33. The van der Waals surface area contributed by atoms with Crippen LogP contribution in [0.3, 0.4) is 0 Å². The molecule has 0 atom stereocenters. The molecule has 0 aliphatic heterocycles. The Hall–Kier alpha value is -1.44. The minimum atomic E-state index is -4.39. The van der Waals surface area contributed by atoms with Crippen LogP contribution in [0.4, 0.5) is 24.5 Å². The molecular weight excluding hydrogens is 233 g/mol. The molecule has 0 spiro atoms. The lowest BCUT2D eigenvalue weighted by atomic mass is 10.3. The lowest BCUT2D eigenvalue weighted by Crippen LogP contribution is -2.04. The summed E-state index contributed by atoms with van der Waals surface area (Å²) in [5, 5.41) is 10.2. The van der Waals surface area contributed by atoms with Crippen LogP contribution in [-0.2, 0) is 0 Å². The van der Waals surface area contributed by atoms with E-state index in [1.54, 1.807) is 0 Å². The zero-order valence-electron chi connectivity index (χ0n) is 7.12. The van der Waals surface area contributed by atoms with E-state index in [1.165, 1.54) is 12.1 Å². The van der Waals surface area contributed by atoms with Gasteiger partial charge in [-0.1, -0.05) is 0 Å². The number of nitrogens with one attached hydrogen (secondary N) is 1. The van der Waals surface area contributed by atoms with Gasteiger partial charge in [0.1, 0.15) is 0 Å². The second-order valence-electron chi connectivity index (χ2n) is 2.45. The Bertz CT molecular complexity index is 352. The standard InChI is InChI=1S/C7H5F3N2O2S/c8-7(9,10)15-11-5-1-3-6(4-2-5)12(13)14/h1-4,11H. The maximum atomic E-state index is 11.7. The molecule has 0 aromatic heterocycles. The minimum Gasteiger partial charge on any atom is -0.323 e. The van der Waals surface area contributed by atoms with Crippen molar-refractivity contribution in [2.24, 2.45) is 0 Å². The van der Waals surface area contributed by atoms with Gasteiger partial charge in [-0.05, 0) is 12.1 Å². The summed E-state index contributed by atoms with van der Waals surface area (Å²) in [6, 6.07) is 4.66. The van der Waals surface area contributed by atoms with E-state index in [-0.39, 0.29) is 11.4 Å². The number of non-ortho nitro benzene ring substituents is 1. The van der Waals surface area contributed by atoms with Crippen molar-refractivity contribution in [1.82, 2.24) is 0 Å². The van der Waals surface area contributed by atoms with Crippen molar-refractivity contribution in [3.63, 3.8) is 0 Å². The van der Waals surface area contributed by atoms with Crippen molar-refractivity contribution in [2.45, 2.75) is 5.51 Å². The smallest absolute Gasteiger partial charge is 0.323 e. The molecule has 82 valence electrons. The number of benzene rings is 1. The Kier molecular flexibility index (Phi) is 3.40. The average molecular weight is 238 g/mol. The fourth-order valence-corrected chi connectivity index (χ4v) is 1.14. The largest absolute Gasteiger partial charge is 0.461 e. The molecule has 0 bridgehead atoms. The van der Waals surface area contributed by atoms with Gasteiger partial charge >= 0.3 is 5.51 Å².